The molecule has 0 unspecified atom stereocenters. The second kappa shape index (κ2) is 6.00. The Balaban J connectivity index is 2.40. The Morgan fingerprint density at radius 1 is 1.45 bits per heavy atom. The second-order valence-electron chi connectivity index (χ2n) is 3.72. The van der Waals surface area contributed by atoms with Gasteiger partial charge in [0.1, 0.15) is 6.33 Å². The SMILES string of the molecule is CCOC(=O)c1cnn(-c2ncnc(NC)c2OC)c1. The molecule has 0 aliphatic rings. The highest BCUT2D eigenvalue weighted by Gasteiger charge is 2.16. The van der Waals surface area contributed by atoms with Gasteiger partial charge in [-0.3, -0.25) is 0 Å². The van der Waals surface area contributed by atoms with Crippen molar-refractivity contribution in [3.63, 3.8) is 0 Å². The van der Waals surface area contributed by atoms with Crippen LogP contribution in [0.5, 0.6) is 5.75 Å². The van der Waals surface area contributed by atoms with Crippen molar-refractivity contribution in [1.29, 1.82) is 0 Å². The lowest BCUT2D eigenvalue weighted by atomic mass is 10.4. The predicted octanol–water partition coefficient (Wildman–Crippen LogP) is 0.889. The molecule has 0 saturated carbocycles. The molecule has 2 heterocycles. The van der Waals surface area contributed by atoms with Crippen LogP contribution >= 0.6 is 0 Å². The van der Waals surface area contributed by atoms with Gasteiger partial charge in [0.25, 0.3) is 0 Å². The zero-order valence-electron chi connectivity index (χ0n) is 11.5. The van der Waals surface area contributed by atoms with Crippen LogP contribution in [0.4, 0.5) is 5.82 Å². The number of nitrogens with one attached hydrogen (secondary N) is 1. The molecule has 0 aliphatic heterocycles. The molecule has 20 heavy (non-hydrogen) atoms. The third-order valence-electron chi connectivity index (χ3n) is 2.54. The maximum Gasteiger partial charge on any atom is 0.341 e. The van der Waals surface area contributed by atoms with E-state index in [0.717, 1.165) is 0 Å². The van der Waals surface area contributed by atoms with Gasteiger partial charge in [0.2, 0.25) is 11.6 Å². The van der Waals surface area contributed by atoms with E-state index in [4.69, 9.17) is 9.47 Å². The summed E-state index contributed by atoms with van der Waals surface area (Å²) in [6.45, 7) is 2.06. The summed E-state index contributed by atoms with van der Waals surface area (Å²) in [5.74, 6) is 0.974. The highest BCUT2D eigenvalue weighted by Crippen LogP contribution is 2.26. The van der Waals surface area contributed by atoms with Crippen LogP contribution in [0.1, 0.15) is 17.3 Å². The number of aromatic nitrogens is 4. The number of carbonyl (C=O) groups excluding carboxylic acids is 1. The Morgan fingerprint density at radius 2 is 2.25 bits per heavy atom. The third kappa shape index (κ3) is 2.53. The lowest BCUT2D eigenvalue weighted by Gasteiger charge is -2.10. The van der Waals surface area contributed by atoms with E-state index >= 15 is 0 Å². The summed E-state index contributed by atoms with van der Waals surface area (Å²) in [5, 5.41) is 6.99. The Hall–Kier alpha value is -2.64. The summed E-state index contributed by atoms with van der Waals surface area (Å²) in [7, 11) is 3.24. The van der Waals surface area contributed by atoms with Crippen LogP contribution in [-0.2, 0) is 4.74 Å². The molecule has 8 nitrogen and oxygen atoms in total. The van der Waals surface area contributed by atoms with Gasteiger partial charge >= 0.3 is 5.97 Å². The van der Waals surface area contributed by atoms with Gasteiger partial charge in [0.05, 0.1) is 25.5 Å². The van der Waals surface area contributed by atoms with Gasteiger partial charge in [-0.2, -0.15) is 5.10 Å². The number of carbonyl (C=O) groups is 1. The Morgan fingerprint density at radius 3 is 2.90 bits per heavy atom. The van der Waals surface area contributed by atoms with Crippen molar-refractivity contribution in [2.75, 3.05) is 26.1 Å². The van der Waals surface area contributed by atoms with Crippen LogP contribution < -0.4 is 10.1 Å². The highest BCUT2D eigenvalue weighted by molar-refractivity contribution is 5.88. The molecule has 2 rings (SSSR count). The molecule has 0 amide bonds. The van der Waals surface area contributed by atoms with Crippen LogP contribution in [0.15, 0.2) is 18.7 Å². The summed E-state index contributed by atoms with van der Waals surface area (Å²) < 4.78 is 11.6. The first-order chi connectivity index (χ1) is 9.71. The van der Waals surface area contributed by atoms with Crippen molar-refractivity contribution in [3.05, 3.63) is 24.3 Å². The summed E-state index contributed by atoms with van der Waals surface area (Å²) >= 11 is 0. The van der Waals surface area contributed by atoms with E-state index in [1.807, 2.05) is 0 Å². The first-order valence-corrected chi connectivity index (χ1v) is 6.00. The van der Waals surface area contributed by atoms with Gasteiger partial charge < -0.3 is 14.8 Å². The Bertz CT molecular complexity index is 611. The molecule has 0 radical (unpaired) electrons. The Kier molecular flexibility index (Phi) is 4.14. The molecule has 0 saturated heterocycles. The van der Waals surface area contributed by atoms with Crippen molar-refractivity contribution < 1.29 is 14.3 Å². The predicted molar refractivity (Wildman–Crippen MR) is 71.2 cm³/mol. The van der Waals surface area contributed by atoms with Gasteiger partial charge in [0, 0.05) is 13.2 Å². The number of ether oxygens (including phenoxy) is 2. The first kappa shape index (κ1) is 13.8. The lowest BCUT2D eigenvalue weighted by molar-refractivity contribution is 0.0526. The fraction of sp³-hybridized carbons (Fsp3) is 0.333. The fourth-order valence-electron chi connectivity index (χ4n) is 1.65. The van der Waals surface area contributed by atoms with Gasteiger partial charge in [0.15, 0.2) is 5.82 Å². The molecule has 106 valence electrons. The van der Waals surface area contributed by atoms with Crippen LogP contribution in [0.2, 0.25) is 0 Å². The molecule has 0 fully saturated rings. The quantitative estimate of drug-likeness (QED) is 0.811. The number of methoxy groups -OCH3 is 1. The fourth-order valence-corrected chi connectivity index (χ4v) is 1.65. The number of hydrogen-bond donors (Lipinski definition) is 1. The second-order valence-corrected chi connectivity index (χ2v) is 3.72. The summed E-state index contributed by atoms with van der Waals surface area (Å²) in [5.41, 5.74) is 0.346. The zero-order chi connectivity index (χ0) is 14.5. The summed E-state index contributed by atoms with van der Waals surface area (Å²) in [6.07, 6.45) is 4.33. The molecule has 0 atom stereocenters. The van der Waals surface area contributed by atoms with E-state index in [9.17, 15) is 4.79 Å². The molecule has 8 heteroatoms. The largest absolute Gasteiger partial charge is 0.490 e. The van der Waals surface area contributed by atoms with E-state index < -0.39 is 5.97 Å². The van der Waals surface area contributed by atoms with E-state index in [-0.39, 0.29) is 0 Å². The minimum absolute atomic E-state index is 0.310. The minimum Gasteiger partial charge on any atom is -0.490 e. The molecule has 0 aliphatic carbocycles. The standard InChI is InChI=1S/C12H15N5O3/c1-4-20-12(18)8-5-16-17(6-8)11-9(19-3)10(13-2)14-7-15-11/h5-7H,4H2,1-3H3,(H,13,14,15). The van der Waals surface area contributed by atoms with Gasteiger partial charge in [-0.25, -0.2) is 19.4 Å². The summed E-state index contributed by atoms with van der Waals surface area (Å²) in [6, 6.07) is 0. The molecule has 2 aromatic rings. The molecule has 2 aromatic heterocycles. The number of nitrogens with zero attached hydrogens (tertiary/aromatic N) is 4. The van der Waals surface area contributed by atoms with Crippen molar-refractivity contribution in [2.24, 2.45) is 0 Å². The van der Waals surface area contributed by atoms with Crippen molar-refractivity contribution in [3.8, 4) is 11.6 Å². The number of esters is 1. The number of anilines is 1. The average Bonchev–Trinajstić information content (AvgIpc) is 2.96. The number of rotatable bonds is 5. The molecule has 0 spiro atoms. The van der Waals surface area contributed by atoms with Crippen LogP contribution in [0, 0.1) is 0 Å². The van der Waals surface area contributed by atoms with Crippen molar-refractivity contribution >= 4 is 11.8 Å². The minimum atomic E-state index is -0.430. The van der Waals surface area contributed by atoms with Gasteiger partial charge in [-0.1, -0.05) is 0 Å². The van der Waals surface area contributed by atoms with E-state index in [1.54, 1.807) is 14.0 Å². The van der Waals surface area contributed by atoms with Crippen LogP contribution in [0.25, 0.3) is 5.82 Å². The normalized spacial score (nSPS) is 10.2. The van der Waals surface area contributed by atoms with E-state index in [2.05, 4.69) is 20.4 Å². The average molecular weight is 277 g/mol. The molecule has 0 aromatic carbocycles. The maximum absolute atomic E-state index is 11.6. The highest BCUT2D eigenvalue weighted by atomic mass is 16.5. The summed E-state index contributed by atoms with van der Waals surface area (Å²) in [4.78, 5) is 19.8. The maximum atomic E-state index is 11.6. The zero-order valence-corrected chi connectivity index (χ0v) is 11.5. The van der Waals surface area contributed by atoms with E-state index in [1.165, 1.54) is 30.5 Å². The lowest BCUT2D eigenvalue weighted by Crippen LogP contribution is -2.06. The first-order valence-electron chi connectivity index (χ1n) is 6.00. The topological polar surface area (TPSA) is 91.2 Å². The van der Waals surface area contributed by atoms with Crippen molar-refractivity contribution in [2.45, 2.75) is 6.92 Å². The van der Waals surface area contributed by atoms with Gasteiger partial charge in [-0.15, -0.1) is 0 Å². The van der Waals surface area contributed by atoms with Gasteiger partial charge in [-0.05, 0) is 6.92 Å². The van der Waals surface area contributed by atoms with E-state index in [0.29, 0.717) is 29.6 Å². The molecular formula is C12H15N5O3. The van der Waals surface area contributed by atoms with Crippen molar-refractivity contribution in [1.82, 2.24) is 19.7 Å². The Labute approximate surface area is 115 Å². The van der Waals surface area contributed by atoms with Crippen LogP contribution in [-0.4, -0.2) is 46.5 Å². The molecular weight excluding hydrogens is 262 g/mol. The third-order valence-corrected chi connectivity index (χ3v) is 2.54. The molecule has 1 N–H and O–H groups in total. The molecule has 0 bridgehead atoms. The number of hydrogen-bond acceptors (Lipinski definition) is 7. The monoisotopic (exact) mass is 277 g/mol. The smallest absolute Gasteiger partial charge is 0.341 e. The van der Waals surface area contributed by atoms with Crippen LogP contribution in [0.3, 0.4) is 0 Å².